The molecule has 0 bridgehead atoms. The van der Waals surface area contributed by atoms with E-state index >= 15 is 0 Å². The largest absolute Gasteiger partial charge is 0.538 e. The molecule has 0 radical (unpaired) electrons. The van der Waals surface area contributed by atoms with Gasteiger partial charge in [0.2, 0.25) is 5.82 Å². The molecule has 8 heteroatoms. The third-order valence-electron chi connectivity index (χ3n) is 1.69. The molecule has 1 heterocycles. The van der Waals surface area contributed by atoms with Gasteiger partial charge in [-0.15, -0.1) is 0 Å². The van der Waals surface area contributed by atoms with Gasteiger partial charge in [0, 0.05) is 0 Å². The Morgan fingerprint density at radius 2 is 2.36 bits per heavy atom. The van der Waals surface area contributed by atoms with Crippen LogP contribution in [0.15, 0.2) is 6.33 Å². The normalized spacial score (nSPS) is 12.9. The van der Waals surface area contributed by atoms with E-state index in [1.807, 2.05) is 0 Å². The second-order valence-electron chi connectivity index (χ2n) is 2.59. The highest BCUT2D eigenvalue weighted by atomic mass is 19.3. The van der Waals surface area contributed by atoms with Gasteiger partial charge in [0.05, 0.1) is 0 Å². The fourth-order valence-electron chi connectivity index (χ4n) is 0.892. The van der Waals surface area contributed by atoms with E-state index in [-0.39, 0.29) is 5.82 Å². The van der Waals surface area contributed by atoms with Crippen LogP contribution >= 0.6 is 0 Å². The molecule has 0 saturated heterocycles. The van der Waals surface area contributed by atoms with Crippen LogP contribution in [0.5, 0.6) is 0 Å². The van der Waals surface area contributed by atoms with Crippen LogP contribution in [0.25, 0.3) is 0 Å². The molecule has 5 nitrogen and oxygen atoms in total. The molecular formula is C6H8BF2N3O2. The Hall–Kier alpha value is -1.47. The summed E-state index contributed by atoms with van der Waals surface area (Å²) in [6.45, 7) is 1.24. The number of carbonyl (C=O) groups excluding carboxylic acids is 1. The second-order valence-corrected chi connectivity index (χ2v) is 2.59. The Labute approximate surface area is 79.5 Å². The lowest BCUT2D eigenvalue weighted by Crippen LogP contribution is -2.21. The standard InChI is InChI=1S/C6H8BF2N3O2/c1-3(4(8)9)12-5(6(13)14-7)10-2-11-12/h2-4H,7H2,1H3. The molecule has 0 aliphatic rings. The van der Waals surface area contributed by atoms with E-state index in [2.05, 4.69) is 14.7 Å². The molecule has 0 amide bonds. The summed E-state index contributed by atoms with van der Waals surface area (Å²) in [4.78, 5) is 14.6. The molecule has 0 N–H and O–H groups in total. The molecule has 0 aliphatic heterocycles. The zero-order valence-corrected chi connectivity index (χ0v) is 7.65. The van der Waals surface area contributed by atoms with Crippen LogP contribution < -0.4 is 0 Å². The van der Waals surface area contributed by atoms with E-state index in [1.54, 1.807) is 0 Å². The summed E-state index contributed by atoms with van der Waals surface area (Å²) in [6.07, 6.45) is -1.58. The summed E-state index contributed by atoms with van der Waals surface area (Å²) >= 11 is 0. The summed E-state index contributed by atoms with van der Waals surface area (Å²) in [7, 11) is 1.15. The number of alkyl halides is 2. The van der Waals surface area contributed by atoms with E-state index in [0.29, 0.717) is 0 Å². The first-order chi connectivity index (χ1) is 6.57. The number of hydrogen-bond donors (Lipinski definition) is 0. The van der Waals surface area contributed by atoms with Gasteiger partial charge in [-0.3, -0.25) is 0 Å². The SMILES string of the molecule is BOC(=O)c1ncnn1C(C)C(F)F. The van der Waals surface area contributed by atoms with Crippen molar-refractivity contribution < 1.29 is 18.2 Å². The fraction of sp³-hybridized carbons (Fsp3) is 0.500. The van der Waals surface area contributed by atoms with Crippen molar-refractivity contribution in [1.29, 1.82) is 0 Å². The molecule has 0 aliphatic carbocycles. The van der Waals surface area contributed by atoms with Gasteiger partial charge < -0.3 is 4.65 Å². The average molecular weight is 203 g/mol. The van der Waals surface area contributed by atoms with Gasteiger partial charge in [-0.25, -0.2) is 23.2 Å². The Bertz CT molecular complexity index is 331. The maximum absolute atomic E-state index is 12.3. The van der Waals surface area contributed by atoms with Gasteiger partial charge in [-0.05, 0) is 6.92 Å². The minimum atomic E-state index is -2.61. The first kappa shape index (κ1) is 10.6. The maximum atomic E-state index is 12.3. The van der Waals surface area contributed by atoms with Crippen LogP contribution in [-0.2, 0) is 4.65 Å². The molecule has 0 saturated carbocycles. The maximum Gasteiger partial charge on any atom is 0.358 e. The summed E-state index contributed by atoms with van der Waals surface area (Å²) in [6, 6.07) is -1.20. The van der Waals surface area contributed by atoms with Gasteiger partial charge in [0.15, 0.2) is 0 Å². The molecule has 1 atom stereocenters. The number of aromatic nitrogens is 3. The zero-order valence-electron chi connectivity index (χ0n) is 7.65. The molecule has 0 fully saturated rings. The van der Waals surface area contributed by atoms with Gasteiger partial charge in [0.25, 0.3) is 6.43 Å². The molecule has 1 rings (SSSR count). The predicted molar refractivity (Wildman–Crippen MR) is 44.7 cm³/mol. The van der Waals surface area contributed by atoms with Crippen LogP contribution in [0.1, 0.15) is 23.6 Å². The van der Waals surface area contributed by atoms with Crippen molar-refractivity contribution in [2.24, 2.45) is 0 Å². The quantitative estimate of drug-likeness (QED) is 0.638. The smallest absolute Gasteiger partial charge is 0.358 e. The van der Waals surface area contributed by atoms with Crippen molar-refractivity contribution in [2.75, 3.05) is 0 Å². The van der Waals surface area contributed by atoms with Crippen molar-refractivity contribution in [3.05, 3.63) is 12.2 Å². The van der Waals surface area contributed by atoms with Crippen LogP contribution in [0, 0.1) is 0 Å². The van der Waals surface area contributed by atoms with Crippen LogP contribution in [0.3, 0.4) is 0 Å². The predicted octanol–water partition coefficient (Wildman–Crippen LogP) is -0.191. The highest BCUT2D eigenvalue weighted by Gasteiger charge is 2.24. The van der Waals surface area contributed by atoms with Crippen LogP contribution in [-0.4, -0.2) is 35.2 Å². The summed E-state index contributed by atoms with van der Waals surface area (Å²) in [5, 5.41) is 3.53. The van der Waals surface area contributed by atoms with E-state index < -0.39 is 18.4 Å². The molecule has 1 aromatic heterocycles. The van der Waals surface area contributed by atoms with Gasteiger partial charge in [-0.2, -0.15) is 5.10 Å². The third-order valence-corrected chi connectivity index (χ3v) is 1.69. The van der Waals surface area contributed by atoms with Gasteiger partial charge in [-0.1, -0.05) is 0 Å². The molecule has 1 aromatic rings. The summed E-state index contributed by atoms with van der Waals surface area (Å²) in [5.41, 5.74) is 0. The molecule has 76 valence electrons. The minimum Gasteiger partial charge on any atom is -0.538 e. The van der Waals surface area contributed by atoms with Crippen LogP contribution in [0.2, 0.25) is 0 Å². The minimum absolute atomic E-state index is 0.222. The molecule has 0 spiro atoms. The van der Waals surface area contributed by atoms with Gasteiger partial charge >= 0.3 is 14.0 Å². The highest BCUT2D eigenvalue weighted by molar-refractivity contribution is 6.08. The summed E-state index contributed by atoms with van der Waals surface area (Å²) < 4.78 is 29.8. The molecule has 0 aromatic carbocycles. The fourth-order valence-corrected chi connectivity index (χ4v) is 0.892. The van der Waals surface area contributed by atoms with Crippen molar-refractivity contribution in [3.63, 3.8) is 0 Å². The first-order valence-corrected chi connectivity index (χ1v) is 3.84. The Morgan fingerprint density at radius 1 is 1.71 bits per heavy atom. The third kappa shape index (κ3) is 1.89. The number of carbonyl (C=O) groups is 1. The van der Waals surface area contributed by atoms with E-state index in [4.69, 9.17) is 0 Å². The molecular weight excluding hydrogens is 195 g/mol. The lowest BCUT2D eigenvalue weighted by Gasteiger charge is -2.11. The average Bonchev–Trinajstić information content (AvgIpc) is 2.63. The highest BCUT2D eigenvalue weighted by Crippen LogP contribution is 2.15. The van der Waals surface area contributed by atoms with Crippen molar-refractivity contribution in [1.82, 2.24) is 14.8 Å². The lowest BCUT2D eigenvalue weighted by atomic mass is 10.3. The number of rotatable bonds is 3. The van der Waals surface area contributed by atoms with E-state index in [0.717, 1.165) is 19.1 Å². The summed E-state index contributed by atoms with van der Waals surface area (Å²) in [5.74, 6) is -1.00. The Kier molecular flexibility index (Phi) is 3.16. The monoisotopic (exact) mass is 203 g/mol. The van der Waals surface area contributed by atoms with Gasteiger partial charge in [0.1, 0.15) is 12.4 Å². The number of halogens is 2. The van der Waals surface area contributed by atoms with Crippen LogP contribution in [0.4, 0.5) is 8.78 Å². The number of hydrogen-bond acceptors (Lipinski definition) is 4. The van der Waals surface area contributed by atoms with Crippen molar-refractivity contribution in [3.8, 4) is 0 Å². The molecule has 14 heavy (non-hydrogen) atoms. The zero-order chi connectivity index (χ0) is 10.7. The first-order valence-electron chi connectivity index (χ1n) is 3.84. The lowest BCUT2D eigenvalue weighted by molar-refractivity contribution is 0.0669. The Morgan fingerprint density at radius 3 is 2.86 bits per heavy atom. The number of nitrogens with zero attached hydrogens (tertiary/aromatic N) is 3. The van der Waals surface area contributed by atoms with Crippen molar-refractivity contribution >= 4 is 14.0 Å². The topological polar surface area (TPSA) is 57.0 Å². The van der Waals surface area contributed by atoms with E-state index in [9.17, 15) is 13.6 Å². The van der Waals surface area contributed by atoms with E-state index in [1.165, 1.54) is 6.92 Å². The second kappa shape index (κ2) is 4.16. The Balaban J connectivity index is 2.98. The molecule has 1 unspecified atom stereocenters. The van der Waals surface area contributed by atoms with Crippen molar-refractivity contribution in [2.45, 2.75) is 19.4 Å².